The summed E-state index contributed by atoms with van der Waals surface area (Å²) in [5, 5.41) is 9.74. The van der Waals surface area contributed by atoms with E-state index in [2.05, 4.69) is 0 Å². The van der Waals surface area contributed by atoms with Crippen molar-refractivity contribution in [1.29, 1.82) is 0 Å². The highest BCUT2D eigenvalue weighted by atomic mass is 35.5. The molecule has 1 unspecified atom stereocenters. The van der Waals surface area contributed by atoms with Crippen molar-refractivity contribution in [3.05, 3.63) is 28.8 Å². The maximum Gasteiger partial charge on any atom is 0.311 e. The number of piperidine rings is 1. The predicted molar refractivity (Wildman–Crippen MR) is 77.2 cm³/mol. The van der Waals surface area contributed by atoms with E-state index in [0.29, 0.717) is 23.6 Å². The molecule has 0 aliphatic carbocycles. The topological polar surface area (TPSA) is 83.6 Å². The molecule has 1 aliphatic rings. The first kappa shape index (κ1) is 14.7. The number of nitrogens with two attached hydrogens (primary N) is 1. The second-order valence-electron chi connectivity index (χ2n) is 5.42. The van der Waals surface area contributed by atoms with Gasteiger partial charge in [0.1, 0.15) is 0 Å². The average molecular weight is 297 g/mol. The third-order valence-electron chi connectivity index (χ3n) is 3.79. The van der Waals surface area contributed by atoms with E-state index in [1.807, 2.05) is 4.90 Å². The van der Waals surface area contributed by atoms with Gasteiger partial charge in [-0.3, -0.25) is 9.59 Å². The van der Waals surface area contributed by atoms with Crippen LogP contribution in [0.15, 0.2) is 18.2 Å². The summed E-state index contributed by atoms with van der Waals surface area (Å²) in [4.78, 5) is 24.4. The van der Waals surface area contributed by atoms with Gasteiger partial charge >= 0.3 is 5.97 Å². The number of carboxylic acid groups (broad SMARTS) is 1. The summed E-state index contributed by atoms with van der Waals surface area (Å²) in [5.41, 5.74) is 5.52. The maximum atomic E-state index is 11.4. The number of amides is 1. The number of carbonyl (C=O) groups excluding carboxylic acids is 1. The lowest BCUT2D eigenvalue weighted by atomic mass is 9.82. The first-order valence-corrected chi connectivity index (χ1v) is 6.79. The van der Waals surface area contributed by atoms with Gasteiger partial charge in [-0.2, -0.15) is 0 Å². The molecule has 1 heterocycles. The van der Waals surface area contributed by atoms with Gasteiger partial charge in [0.2, 0.25) is 5.91 Å². The Morgan fingerprint density at radius 1 is 1.45 bits per heavy atom. The second-order valence-corrected chi connectivity index (χ2v) is 5.83. The van der Waals surface area contributed by atoms with Gasteiger partial charge in [-0.1, -0.05) is 11.6 Å². The van der Waals surface area contributed by atoms with Crippen molar-refractivity contribution in [3.8, 4) is 0 Å². The first-order chi connectivity index (χ1) is 9.33. The minimum absolute atomic E-state index is 0.344. The molecule has 2 rings (SSSR count). The van der Waals surface area contributed by atoms with Crippen LogP contribution in [0.3, 0.4) is 0 Å². The minimum atomic E-state index is -0.799. The first-order valence-electron chi connectivity index (χ1n) is 6.41. The van der Waals surface area contributed by atoms with Crippen LogP contribution in [0.1, 0.15) is 30.1 Å². The summed E-state index contributed by atoms with van der Waals surface area (Å²) >= 11 is 6.18. The Hall–Kier alpha value is -1.75. The molecule has 5 nitrogen and oxygen atoms in total. The van der Waals surface area contributed by atoms with Crippen molar-refractivity contribution < 1.29 is 14.7 Å². The van der Waals surface area contributed by atoms with E-state index in [9.17, 15) is 14.7 Å². The largest absolute Gasteiger partial charge is 0.481 e. The molecule has 1 saturated heterocycles. The van der Waals surface area contributed by atoms with Crippen LogP contribution in [0.2, 0.25) is 5.02 Å². The molecule has 0 bridgehead atoms. The Morgan fingerprint density at radius 3 is 2.70 bits per heavy atom. The second kappa shape index (κ2) is 5.32. The van der Waals surface area contributed by atoms with Gasteiger partial charge in [-0.25, -0.2) is 0 Å². The monoisotopic (exact) mass is 296 g/mol. The lowest BCUT2D eigenvalue weighted by molar-refractivity contribution is -0.148. The van der Waals surface area contributed by atoms with Crippen LogP contribution >= 0.6 is 11.6 Å². The fourth-order valence-electron chi connectivity index (χ4n) is 2.54. The van der Waals surface area contributed by atoms with Gasteiger partial charge in [0.05, 0.1) is 16.1 Å². The number of primary amides is 1. The van der Waals surface area contributed by atoms with Gasteiger partial charge in [-0.15, -0.1) is 0 Å². The summed E-state index contributed by atoms with van der Waals surface area (Å²) in [5.74, 6) is -1.33. The Kier molecular flexibility index (Phi) is 3.90. The number of nitrogens with zero attached hydrogens (tertiary/aromatic N) is 1. The van der Waals surface area contributed by atoms with Gasteiger partial charge in [0.25, 0.3) is 0 Å². The van der Waals surface area contributed by atoms with Crippen molar-refractivity contribution >= 4 is 29.2 Å². The highest BCUT2D eigenvalue weighted by Gasteiger charge is 2.38. The number of carboxylic acids is 1. The molecule has 1 fully saturated rings. The minimum Gasteiger partial charge on any atom is -0.481 e. The molecule has 1 aliphatic heterocycles. The van der Waals surface area contributed by atoms with Crippen molar-refractivity contribution in [3.63, 3.8) is 0 Å². The van der Waals surface area contributed by atoms with Gasteiger partial charge in [0.15, 0.2) is 0 Å². The zero-order valence-electron chi connectivity index (χ0n) is 11.2. The van der Waals surface area contributed by atoms with Crippen LogP contribution < -0.4 is 10.6 Å². The number of halogens is 1. The highest BCUT2D eigenvalue weighted by Crippen LogP contribution is 2.35. The molecule has 0 radical (unpaired) electrons. The standard InChI is InChI=1S/C14H17ClN2O3/c1-14(13(19)20)5-2-6-17(8-14)11-4-3-9(12(16)18)7-10(11)15/h3-4,7H,2,5-6,8H2,1H3,(H2,16,18)(H,19,20). The SMILES string of the molecule is CC1(C(=O)O)CCCN(c2ccc(C(N)=O)cc2Cl)C1. The van der Waals surface area contributed by atoms with Crippen LogP contribution in [0.25, 0.3) is 0 Å². The third-order valence-corrected chi connectivity index (χ3v) is 4.09. The van der Waals surface area contributed by atoms with E-state index >= 15 is 0 Å². The zero-order valence-corrected chi connectivity index (χ0v) is 12.0. The Bertz CT molecular complexity index is 561. The maximum absolute atomic E-state index is 11.4. The van der Waals surface area contributed by atoms with Crippen molar-refractivity contribution in [1.82, 2.24) is 0 Å². The quantitative estimate of drug-likeness (QED) is 0.895. The smallest absolute Gasteiger partial charge is 0.311 e. The molecule has 6 heteroatoms. The Morgan fingerprint density at radius 2 is 2.15 bits per heavy atom. The van der Waals surface area contributed by atoms with E-state index in [1.165, 1.54) is 6.07 Å². The van der Waals surface area contributed by atoms with Gasteiger partial charge < -0.3 is 15.7 Å². The number of hydrogen-bond donors (Lipinski definition) is 2. The van der Waals surface area contributed by atoms with E-state index < -0.39 is 17.3 Å². The summed E-state index contributed by atoms with van der Waals surface area (Å²) in [6.07, 6.45) is 1.44. The fraction of sp³-hybridized carbons (Fsp3) is 0.429. The fourth-order valence-corrected chi connectivity index (χ4v) is 2.84. The number of carbonyl (C=O) groups is 2. The van der Waals surface area contributed by atoms with Crippen molar-refractivity contribution in [2.75, 3.05) is 18.0 Å². The highest BCUT2D eigenvalue weighted by molar-refractivity contribution is 6.33. The number of aliphatic carboxylic acids is 1. The van der Waals surface area contributed by atoms with E-state index in [-0.39, 0.29) is 0 Å². The van der Waals surface area contributed by atoms with Crippen LogP contribution in [0.5, 0.6) is 0 Å². The third kappa shape index (κ3) is 2.72. The molecule has 0 spiro atoms. The molecule has 1 amide bonds. The molecular weight excluding hydrogens is 280 g/mol. The molecule has 20 heavy (non-hydrogen) atoms. The van der Waals surface area contributed by atoms with Gasteiger partial charge in [0, 0.05) is 18.7 Å². The van der Waals surface area contributed by atoms with Crippen LogP contribution in [-0.2, 0) is 4.79 Å². The van der Waals surface area contributed by atoms with E-state index in [4.69, 9.17) is 17.3 Å². The molecular formula is C14H17ClN2O3. The Labute approximate surface area is 122 Å². The Balaban J connectivity index is 2.28. The summed E-state index contributed by atoms with van der Waals surface area (Å²) in [7, 11) is 0. The average Bonchev–Trinajstić information content (AvgIpc) is 2.38. The lowest BCUT2D eigenvalue weighted by Gasteiger charge is -2.39. The van der Waals surface area contributed by atoms with Crippen LogP contribution in [-0.4, -0.2) is 30.1 Å². The van der Waals surface area contributed by atoms with Gasteiger partial charge in [-0.05, 0) is 38.0 Å². The lowest BCUT2D eigenvalue weighted by Crippen LogP contribution is -2.46. The molecule has 0 saturated carbocycles. The molecule has 3 N–H and O–H groups in total. The molecule has 1 atom stereocenters. The van der Waals surface area contributed by atoms with E-state index in [0.717, 1.165) is 18.7 Å². The molecule has 108 valence electrons. The molecule has 0 aromatic heterocycles. The number of anilines is 1. The van der Waals surface area contributed by atoms with Crippen molar-refractivity contribution in [2.24, 2.45) is 11.1 Å². The summed E-state index contributed by atoms with van der Waals surface area (Å²) < 4.78 is 0. The summed E-state index contributed by atoms with van der Waals surface area (Å²) in [6, 6.07) is 4.85. The van der Waals surface area contributed by atoms with Crippen molar-refractivity contribution in [2.45, 2.75) is 19.8 Å². The zero-order chi connectivity index (χ0) is 14.9. The summed E-state index contributed by atoms with van der Waals surface area (Å²) in [6.45, 7) is 2.89. The molecule has 1 aromatic rings. The number of rotatable bonds is 3. The normalized spacial score (nSPS) is 22.6. The van der Waals surface area contributed by atoms with Crippen LogP contribution in [0.4, 0.5) is 5.69 Å². The number of benzene rings is 1. The number of hydrogen-bond acceptors (Lipinski definition) is 3. The molecule has 1 aromatic carbocycles. The van der Waals surface area contributed by atoms with E-state index in [1.54, 1.807) is 19.1 Å². The predicted octanol–water partition coefficient (Wildman–Crippen LogP) is 2.13. The van der Waals surface area contributed by atoms with Crippen LogP contribution in [0, 0.1) is 5.41 Å².